The van der Waals surface area contributed by atoms with Gasteiger partial charge in [-0.2, -0.15) is 0 Å². The minimum atomic E-state index is -2.05. The van der Waals surface area contributed by atoms with Crippen LogP contribution in [0.1, 0.15) is 31.9 Å². The van der Waals surface area contributed by atoms with Crippen molar-refractivity contribution < 1.29 is 4.57 Å². The van der Waals surface area contributed by atoms with E-state index in [-0.39, 0.29) is 5.41 Å². The minimum absolute atomic E-state index is 0.112. The number of benzene rings is 3. The third kappa shape index (κ3) is 2.83. The molecule has 6 aromatic rings. The first-order chi connectivity index (χ1) is 15.5. The number of hydrogen-bond donors (Lipinski definition) is 0. The molecule has 0 saturated carbocycles. The Labute approximate surface area is 198 Å². The predicted octanol–water partition coefficient (Wildman–Crippen LogP) is 6.97. The van der Waals surface area contributed by atoms with E-state index >= 15 is 0 Å². The Balaban J connectivity index is 2.01. The SMILES string of the molecule is Cc1ccc2c3ccc(C(C)(C)C)cc3n3c4c[c]([Ge]([CH3])([CH3])[CH3])cc5cc[n+](C)c(c1c23)c54. The second-order valence-corrected chi connectivity index (χ2v) is 22.6. The van der Waals surface area contributed by atoms with Crippen LogP contribution < -0.4 is 8.96 Å². The van der Waals surface area contributed by atoms with Crippen molar-refractivity contribution in [3.63, 3.8) is 0 Å². The van der Waals surface area contributed by atoms with E-state index in [9.17, 15) is 0 Å². The Hall–Kier alpha value is -2.59. The van der Waals surface area contributed by atoms with Gasteiger partial charge in [-0.15, -0.1) is 0 Å². The van der Waals surface area contributed by atoms with Crippen LogP contribution in [0.25, 0.3) is 49.0 Å². The molecule has 0 radical (unpaired) electrons. The van der Waals surface area contributed by atoms with Gasteiger partial charge in [-0.1, -0.05) is 0 Å². The van der Waals surface area contributed by atoms with Gasteiger partial charge in [0.25, 0.3) is 0 Å². The van der Waals surface area contributed by atoms with Gasteiger partial charge >= 0.3 is 199 Å². The molecule has 0 spiro atoms. The predicted molar refractivity (Wildman–Crippen MR) is 146 cm³/mol. The van der Waals surface area contributed by atoms with Gasteiger partial charge in [-0.25, -0.2) is 0 Å². The van der Waals surface area contributed by atoms with Crippen LogP contribution in [0.4, 0.5) is 0 Å². The molecule has 0 bridgehead atoms. The summed E-state index contributed by atoms with van der Waals surface area (Å²) in [5.41, 5.74) is 8.25. The molecule has 33 heavy (non-hydrogen) atoms. The van der Waals surface area contributed by atoms with E-state index in [1.807, 2.05) is 0 Å². The molecule has 0 fully saturated rings. The van der Waals surface area contributed by atoms with E-state index in [1.54, 1.807) is 4.40 Å². The van der Waals surface area contributed by atoms with Crippen LogP contribution >= 0.6 is 0 Å². The Kier molecular flexibility index (Phi) is 4.14. The fraction of sp³-hybridized carbons (Fsp3) is 0.300. The quantitative estimate of drug-likeness (QED) is 0.101. The monoisotopic (exact) mass is 495 g/mol. The number of hydrogen-bond acceptors (Lipinski definition) is 0. The van der Waals surface area contributed by atoms with Crippen molar-refractivity contribution >= 4 is 66.7 Å². The summed E-state index contributed by atoms with van der Waals surface area (Å²) in [6, 6.07) is 19.1. The van der Waals surface area contributed by atoms with Crippen molar-refractivity contribution in [3.05, 3.63) is 65.9 Å². The van der Waals surface area contributed by atoms with Gasteiger partial charge in [0.2, 0.25) is 0 Å². The molecule has 3 aromatic heterocycles. The van der Waals surface area contributed by atoms with Crippen LogP contribution in [-0.4, -0.2) is 17.7 Å². The molecule has 0 N–H and O–H groups in total. The summed E-state index contributed by atoms with van der Waals surface area (Å²) in [5.74, 6) is 7.50. The summed E-state index contributed by atoms with van der Waals surface area (Å²) in [7, 11) is 2.20. The van der Waals surface area contributed by atoms with Crippen molar-refractivity contribution in [1.82, 2.24) is 4.40 Å². The normalized spacial score (nSPS) is 13.5. The second kappa shape index (κ2) is 6.51. The summed E-state index contributed by atoms with van der Waals surface area (Å²) in [6.45, 7) is 9.19. The Morgan fingerprint density at radius 1 is 0.818 bits per heavy atom. The molecule has 0 saturated heterocycles. The van der Waals surface area contributed by atoms with Gasteiger partial charge < -0.3 is 0 Å². The summed E-state index contributed by atoms with van der Waals surface area (Å²) in [5, 5.41) is 6.85. The maximum absolute atomic E-state index is 2.59. The molecule has 0 amide bonds. The average molecular weight is 494 g/mol. The third-order valence-corrected chi connectivity index (χ3v) is 11.8. The van der Waals surface area contributed by atoms with E-state index < -0.39 is 13.3 Å². The molecule has 3 heteroatoms. The number of aromatic nitrogens is 2. The van der Waals surface area contributed by atoms with Gasteiger partial charge in [-0.05, 0) is 0 Å². The molecule has 3 heterocycles. The molecule has 2 nitrogen and oxygen atoms in total. The molecular formula is C30H33GeN2+. The van der Waals surface area contributed by atoms with E-state index in [0.29, 0.717) is 0 Å². The van der Waals surface area contributed by atoms with E-state index in [4.69, 9.17) is 0 Å². The first kappa shape index (κ1) is 21.0. The van der Waals surface area contributed by atoms with E-state index in [2.05, 4.69) is 116 Å². The van der Waals surface area contributed by atoms with Crippen LogP contribution in [0.3, 0.4) is 0 Å². The van der Waals surface area contributed by atoms with Crippen LogP contribution in [0.2, 0.25) is 17.3 Å². The van der Waals surface area contributed by atoms with E-state index in [0.717, 1.165) is 0 Å². The third-order valence-electron chi connectivity index (χ3n) is 7.56. The van der Waals surface area contributed by atoms with Crippen LogP contribution in [0.5, 0.6) is 0 Å². The fourth-order valence-electron chi connectivity index (χ4n) is 5.61. The van der Waals surface area contributed by atoms with Crippen LogP contribution in [0, 0.1) is 6.92 Å². The van der Waals surface area contributed by atoms with Crippen LogP contribution in [0.15, 0.2) is 54.7 Å². The average Bonchev–Trinajstić information content (AvgIpc) is 3.07. The molecule has 0 aliphatic heterocycles. The zero-order valence-electron chi connectivity index (χ0n) is 21.1. The molecule has 0 atom stereocenters. The number of fused-ring (bicyclic) bond motifs is 5. The van der Waals surface area contributed by atoms with E-state index in [1.165, 1.54) is 60.1 Å². The van der Waals surface area contributed by atoms with Crippen molar-refractivity contribution in [2.24, 2.45) is 7.05 Å². The standard InChI is InChI=1S/C30H33GeN2/c1-18-9-11-23-22-12-10-20(30(2,3)4)16-24(22)33-25-17-21(31(5,6)7)15-19-13-14-32(8)29(27(19)25)26(18)28(23)33/h9-17H,1-8H3/q+1. The Morgan fingerprint density at radius 3 is 2.24 bits per heavy atom. The van der Waals surface area contributed by atoms with Gasteiger partial charge in [-0.3, -0.25) is 0 Å². The summed E-state index contributed by atoms with van der Waals surface area (Å²) in [6.07, 6.45) is 2.25. The summed E-state index contributed by atoms with van der Waals surface area (Å²) >= 11 is -2.05. The molecule has 6 rings (SSSR count). The number of aryl methyl sites for hydroxylation is 2. The number of pyridine rings is 2. The zero-order chi connectivity index (χ0) is 23.4. The molecule has 0 unspecified atom stereocenters. The van der Waals surface area contributed by atoms with Gasteiger partial charge in [0.05, 0.1) is 0 Å². The zero-order valence-corrected chi connectivity index (χ0v) is 23.2. The summed E-state index contributed by atoms with van der Waals surface area (Å²) in [4.78, 5) is 0. The molecular weight excluding hydrogens is 461 g/mol. The molecule has 3 aromatic carbocycles. The van der Waals surface area contributed by atoms with Gasteiger partial charge in [0.1, 0.15) is 0 Å². The molecule has 0 aliphatic rings. The topological polar surface area (TPSA) is 8.29 Å². The first-order valence-corrected chi connectivity index (χ1v) is 19.4. The van der Waals surface area contributed by atoms with Crippen molar-refractivity contribution in [2.45, 2.75) is 50.4 Å². The number of rotatable bonds is 1. The summed E-state index contributed by atoms with van der Waals surface area (Å²) < 4.78 is 6.48. The Morgan fingerprint density at radius 2 is 1.55 bits per heavy atom. The Bertz CT molecular complexity index is 1740. The first-order valence-electron chi connectivity index (χ1n) is 12.0. The van der Waals surface area contributed by atoms with Crippen molar-refractivity contribution in [2.75, 3.05) is 0 Å². The van der Waals surface area contributed by atoms with Gasteiger partial charge in [0, 0.05) is 0 Å². The fourth-order valence-corrected chi connectivity index (χ4v) is 8.04. The maximum atomic E-state index is 2.59. The molecule has 166 valence electrons. The van der Waals surface area contributed by atoms with Crippen molar-refractivity contribution in [1.29, 1.82) is 0 Å². The molecule has 0 aliphatic carbocycles. The van der Waals surface area contributed by atoms with Crippen LogP contribution in [-0.2, 0) is 12.5 Å². The van der Waals surface area contributed by atoms with Gasteiger partial charge in [0.15, 0.2) is 0 Å². The van der Waals surface area contributed by atoms with Crippen molar-refractivity contribution in [3.8, 4) is 0 Å². The number of nitrogens with zero attached hydrogens (tertiary/aromatic N) is 2. The second-order valence-electron chi connectivity index (χ2n) is 12.0.